The summed E-state index contributed by atoms with van der Waals surface area (Å²) in [4.78, 5) is 11.8. The Bertz CT molecular complexity index is 546. The lowest BCUT2D eigenvalue weighted by Crippen LogP contribution is -2.53. The molecule has 0 bridgehead atoms. The van der Waals surface area contributed by atoms with Crippen molar-refractivity contribution in [3.05, 3.63) is 11.6 Å². The Morgan fingerprint density at radius 3 is 2.50 bits per heavy atom. The molecule has 1 N–H and O–H groups in total. The van der Waals surface area contributed by atoms with Crippen LogP contribution in [0.3, 0.4) is 0 Å². The normalized spacial score (nSPS) is 54.3. The van der Waals surface area contributed by atoms with Gasteiger partial charge in [0.05, 0.1) is 5.60 Å². The van der Waals surface area contributed by atoms with Gasteiger partial charge in [0.2, 0.25) is 0 Å². The fraction of sp³-hybridized carbons (Fsp3) is 0.850. The minimum absolute atomic E-state index is 0.107. The molecule has 0 saturated heterocycles. The van der Waals surface area contributed by atoms with E-state index in [2.05, 4.69) is 20.8 Å². The Morgan fingerprint density at radius 1 is 1.00 bits per heavy atom. The number of hydrogen-bond acceptors (Lipinski definition) is 2. The molecule has 0 spiro atoms. The predicted octanol–water partition coefficient (Wildman–Crippen LogP) is 4.27. The molecule has 4 aliphatic rings. The number of carbonyl (C=O) groups excluding carboxylic acids is 1. The zero-order chi connectivity index (χ0) is 15.8. The quantitative estimate of drug-likeness (QED) is 0.725. The van der Waals surface area contributed by atoms with Gasteiger partial charge in [0.15, 0.2) is 5.78 Å². The average molecular weight is 302 g/mol. The highest BCUT2D eigenvalue weighted by molar-refractivity contribution is 5.91. The first-order valence-corrected chi connectivity index (χ1v) is 9.24. The van der Waals surface area contributed by atoms with Gasteiger partial charge in [0, 0.05) is 6.42 Å². The van der Waals surface area contributed by atoms with Crippen LogP contribution in [0.1, 0.15) is 72.1 Å². The van der Waals surface area contributed by atoms with Crippen molar-refractivity contribution in [3.63, 3.8) is 0 Å². The lowest BCUT2D eigenvalue weighted by Gasteiger charge is -2.58. The van der Waals surface area contributed by atoms with Crippen molar-refractivity contribution in [2.45, 2.75) is 77.7 Å². The number of fused-ring (bicyclic) bond motifs is 5. The molecule has 0 amide bonds. The van der Waals surface area contributed by atoms with Crippen LogP contribution in [0.4, 0.5) is 0 Å². The van der Waals surface area contributed by atoms with Gasteiger partial charge < -0.3 is 5.11 Å². The second-order valence-corrected chi connectivity index (χ2v) is 9.24. The van der Waals surface area contributed by atoms with Crippen molar-refractivity contribution in [2.24, 2.45) is 28.6 Å². The number of hydrogen-bond donors (Lipinski definition) is 1. The Labute approximate surface area is 134 Å². The van der Waals surface area contributed by atoms with Crippen LogP contribution in [0.15, 0.2) is 11.6 Å². The van der Waals surface area contributed by atoms with E-state index in [0.717, 1.165) is 43.9 Å². The van der Waals surface area contributed by atoms with E-state index in [9.17, 15) is 9.90 Å². The topological polar surface area (TPSA) is 37.3 Å². The molecule has 0 aromatic heterocycles. The van der Waals surface area contributed by atoms with Gasteiger partial charge >= 0.3 is 0 Å². The summed E-state index contributed by atoms with van der Waals surface area (Å²) in [5, 5.41) is 10.9. The molecule has 0 radical (unpaired) electrons. The van der Waals surface area contributed by atoms with Crippen LogP contribution in [-0.4, -0.2) is 16.5 Å². The molecule has 0 aromatic rings. The van der Waals surface area contributed by atoms with Gasteiger partial charge in [-0.25, -0.2) is 0 Å². The minimum atomic E-state index is -0.484. The fourth-order valence-electron chi connectivity index (χ4n) is 6.80. The summed E-state index contributed by atoms with van der Waals surface area (Å²) in [6.07, 6.45) is 10.7. The van der Waals surface area contributed by atoms with E-state index in [1.807, 2.05) is 6.08 Å². The fourth-order valence-corrected chi connectivity index (χ4v) is 6.80. The summed E-state index contributed by atoms with van der Waals surface area (Å²) >= 11 is 0. The minimum Gasteiger partial charge on any atom is -0.390 e. The van der Waals surface area contributed by atoms with Gasteiger partial charge in [-0.05, 0) is 86.5 Å². The van der Waals surface area contributed by atoms with Crippen LogP contribution in [0.2, 0.25) is 0 Å². The highest BCUT2D eigenvalue weighted by atomic mass is 16.3. The number of allylic oxidation sites excluding steroid dienone is 1. The molecule has 0 aromatic carbocycles. The Balaban J connectivity index is 1.70. The summed E-state index contributed by atoms with van der Waals surface area (Å²) < 4.78 is 0. The molecule has 6 atom stereocenters. The molecular weight excluding hydrogens is 272 g/mol. The van der Waals surface area contributed by atoms with E-state index in [1.165, 1.54) is 24.8 Å². The van der Waals surface area contributed by atoms with Crippen LogP contribution in [0.25, 0.3) is 0 Å². The van der Waals surface area contributed by atoms with Crippen LogP contribution in [-0.2, 0) is 4.79 Å². The van der Waals surface area contributed by atoms with E-state index in [4.69, 9.17) is 0 Å². The lowest BCUT2D eigenvalue weighted by atomic mass is 9.46. The summed E-state index contributed by atoms with van der Waals surface area (Å²) in [6.45, 7) is 6.85. The van der Waals surface area contributed by atoms with E-state index in [1.54, 1.807) is 0 Å². The Hall–Kier alpha value is -0.630. The third-order valence-corrected chi connectivity index (χ3v) is 8.52. The third kappa shape index (κ3) is 1.74. The molecule has 3 fully saturated rings. The summed E-state index contributed by atoms with van der Waals surface area (Å²) in [5.74, 6) is 2.50. The van der Waals surface area contributed by atoms with Gasteiger partial charge in [-0.2, -0.15) is 0 Å². The molecule has 2 nitrogen and oxygen atoms in total. The van der Waals surface area contributed by atoms with Gasteiger partial charge in [0.1, 0.15) is 0 Å². The van der Waals surface area contributed by atoms with Crippen LogP contribution < -0.4 is 0 Å². The van der Waals surface area contributed by atoms with Crippen molar-refractivity contribution < 1.29 is 9.90 Å². The van der Waals surface area contributed by atoms with Gasteiger partial charge in [-0.3, -0.25) is 4.79 Å². The van der Waals surface area contributed by atoms with Crippen molar-refractivity contribution >= 4 is 5.78 Å². The number of rotatable bonds is 0. The molecule has 2 heteroatoms. The van der Waals surface area contributed by atoms with Crippen molar-refractivity contribution in [1.29, 1.82) is 0 Å². The monoisotopic (exact) mass is 302 g/mol. The zero-order valence-electron chi connectivity index (χ0n) is 14.3. The second-order valence-electron chi connectivity index (χ2n) is 9.24. The van der Waals surface area contributed by atoms with Crippen molar-refractivity contribution in [2.75, 3.05) is 0 Å². The lowest BCUT2D eigenvalue weighted by molar-refractivity contribution is -0.124. The van der Waals surface area contributed by atoms with E-state index in [-0.39, 0.29) is 10.8 Å². The maximum absolute atomic E-state index is 11.8. The second kappa shape index (κ2) is 4.47. The van der Waals surface area contributed by atoms with Crippen molar-refractivity contribution in [3.8, 4) is 0 Å². The number of aliphatic hydroxyl groups is 1. The molecule has 0 heterocycles. The third-order valence-electron chi connectivity index (χ3n) is 8.52. The first-order valence-electron chi connectivity index (χ1n) is 9.24. The van der Waals surface area contributed by atoms with Crippen LogP contribution >= 0.6 is 0 Å². The molecule has 22 heavy (non-hydrogen) atoms. The highest BCUT2D eigenvalue weighted by Gasteiger charge is 2.62. The predicted molar refractivity (Wildman–Crippen MR) is 87.3 cm³/mol. The molecule has 122 valence electrons. The summed E-state index contributed by atoms with van der Waals surface area (Å²) in [5.41, 5.74) is 1.32. The molecule has 4 rings (SSSR count). The Kier molecular flexibility index (Phi) is 3.03. The molecule has 0 aliphatic heterocycles. The van der Waals surface area contributed by atoms with Gasteiger partial charge in [0.25, 0.3) is 0 Å². The zero-order valence-corrected chi connectivity index (χ0v) is 14.3. The maximum Gasteiger partial charge on any atom is 0.155 e. The van der Waals surface area contributed by atoms with Crippen LogP contribution in [0, 0.1) is 28.6 Å². The molecule has 1 unspecified atom stereocenters. The number of ketones is 1. The molecule has 3 saturated carbocycles. The van der Waals surface area contributed by atoms with Gasteiger partial charge in [-0.15, -0.1) is 0 Å². The van der Waals surface area contributed by atoms with Crippen molar-refractivity contribution in [1.82, 2.24) is 0 Å². The SMILES string of the molecule is CC1(O)CC[C@H]2[C@@H]3CCC4=CC(=O)CC[C@]4(C)[C@@H]3CC[C@@]21C. The van der Waals surface area contributed by atoms with E-state index < -0.39 is 5.60 Å². The van der Waals surface area contributed by atoms with E-state index in [0.29, 0.717) is 11.7 Å². The first-order chi connectivity index (χ1) is 10.3. The highest BCUT2D eigenvalue weighted by Crippen LogP contribution is 2.67. The summed E-state index contributed by atoms with van der Waals surface area (Å²) in [6, 6.07) is 0. The smallest absolute Gasteiger partial charge is 0.155 e. The Morgan fingerprint density at radius 2 is 1.73 bits per heavy atom. The molecular formula is C20H30O2. The van der Waals surface area contributed by atoms with Gasteiger partial charge in [-0.1, -0.05) is 19.4 Å². The standard InChI is InChI=1S/C20H30O2/c1-18-9-6-14(21)12-13(18)4-5-15-16(18)7-10-19(2)17(15)8-11-20(19,3)22/h12,15-17,22H,4-11H2,1-3H3/t15-,16-,17+,18+,19+,20?/m1/s1. The largest absolute Gasteiger partial charge is 0.390 e. The maximum atomic E-state index is 11.8. The summed E-state index contributed by atoms with van der Waals surface area (Å²) in [7, 11) is 0. The average Bonchev–Trinajstić information content (AvgIpc) is 2.70. The number of carbonyl (C=O) groups is 1. The van der Waals surface area contributed by atoms with Crippen LogP contribution in [0.5, 0.6) is 0 Å². The first kappa shape index (κ1) is 14.9. The van der Waals surface area contributed by atoms with E-state index >= 15 is 0 Å². The molecule has 4 aliphatic carbocycles.